The highest BCUT2D eigenvalue weighted by atomic mass is 16.5. The number of ether oxygens (including phenoxy) is 1. The van der Waals surface area contributed by atoms with Crippen LogP contribution in [0.5, 0.6) is 0 Å². The largest absolute Gasteiger partial charge is 0.374 e. The normalized spacial score (nSPS) is 20.4. The number of fused-ring (bicyclic) bond motifs is 1. The SMILES string of the molecule is CCN1CCO[C@@H](CNc2nc(-c3ccncc3)nc3c2CCC3)C1. The molecule has 0 amide bonds. The van der Waals surface area contributed by atoms with Crippen LogP contribution < -0.4 is 5.32 Å². The van der Waals surface area contributed by atoms with Gasteiger partial charge in [0.05, 0.1) is 12.7 Å². The number of rotatable bonds is 5. The maximum absolute atomic E-state index is 5.91. The minimum Gasteiger partial charge on any atom is -0.374 e. The molecule has 2 aromatic rings. The van der Waals surface area contributed by atoms with Crippen LogP contribution in [-0.2, 0) is 17.6 Å². The lowest BCUT2D eigenvalue weighted by Crippen LogP contribution is -2.45. The molecule has 0 bridgehead atoms. The Hall–Kier alpha value is -2.05. The zero-order chi connectivity index (χ0) is 17.1. The van der Waals surface area contributed by atoms with Gasteiger partial charge in [-0.25, -0.2) is 9.97 Å². The number of nitrogens with one attached hydrogen (secondary N) is 1. The van der Waals surface area contributed by atoms with Gasteiger partial charge in [-0.1, -0.05) is 6.92 Å². The molecule has 1 fully saturated rings. The number of nitrogens with zero attached hydrogens (tertiary/aromatic N) is 4. The van der Waals surface area contributed by atoms with Crippen LogP contribution in [0.15, 0.2) is 24.5 Å². The van der Waals surface area contributed by atoms with Crippen molar-refractivity contribution in [3.63, 3.8) is 0 Å². The Morgan fingerprint density at radius 3 is 2.96 bits per heavy atom. The summed E-state index contributed by atoms with van der Waals surface area (Å²) in [5.74, 6) is 1.76. The third kappa shape index (κ3) is 3.65. The summed E-state index contributed by atoms with van der Waals surface area (Å²) in [5, 5.41) is 3.55. The van der Waals surface area contributed by atoms with Crippen LogP contribution in [0.2, 0.25) is 0 Å². The highest BCUT2D eigenvalue weighted by molar-refractivity contribution is 5.60. The van der Waals surface area contributed by atoms with Gasteiger partial charge >= 0.3 is 0 Å². The van der Waals surface area contributed by atoms with Crippen molar-refractivity contribution in [1.82, 2.24) is 19.9 Å². The van der Waals surface area contributed by atoms with Gasteiger partial charge in [0.1, 0.15) is 5.82 Å². The highest BCUT2D eigenvalue weighted by Gasteiger charge is 2.23. The van der Waals surface area contributed by atoms with Crippen LogP contribution in [0.1, 0.15) is 24.6 Å². The standard InChI is InChI=1S/C19H25N5O/c1-2-24-10-11-25-15(13-24)12-21-19-16-4-3-5-17(16)22-18(23-19)14-6-8-20-9-7-14/h6-9,15H,2-5,10-13H2,1H3,(H,21,22,23)/t15-/m0/s1. The van der Waals surface area contributed by atoms with E-state index in [1.54, 1.807) is 12.4 Å². The number of hydrogen-bond acceptors (Lipinski definition) is 6. The van der Waals surface area contributed by atoms with E-state index in [9.17, 15) is 0 Å². The van der Waals surface area contributed by atoms with Crippen molar-refractivity contribution in [1.29, 1.82) is 0 Å². The van der Waals surface area contributed by atoms with Gasteiger partial charge in [-0.3, -0.25) is 9.88 Å². The number of morpholine rings is 1. The molecule has 0 unspecified atom stereocenters. The molecule has 132 valence electrons. The van der Waals surface area contributed by atoms with Crippen LogP contribution in [0.4, 0.5) is 5.82 Å². The minimum atomic E-state index is 0.213. The van der Waals surface area contributed by atoms with Crippen molar-refractivity contribution in [2.75, 3.05) is 38.1 Å². The summed E-state index contributed by atoms with van der Waals surface area (Å²) in [6, 6.07) is 3.92. The average molecular weight is 339 g/mol. The quantitative estimate of drug-likeness (QED) is 0.901. The fourth-order valence-corrected chi connectivity index (χ4v) is 3.61. The smallest absolute Gasteiger partial charge is 0.161 e. The second-order valence-electron chi connectivity index (χ2n) is 6.68. The molecule has 1 aliphatic carbocycles. The maximum atomic E-state index is 5.91. The summed E-state index contributed by atoms with van der Waals surface area (Å²) in [5.41, 5.74) is 3.48. The van der Waals surface area contributed by atoms with Crippen LogP contribution in [0.25, 0.3) is 11.4 Å². The summed E-state index contributed by atoms with van der Waals surface area (Å²) < 4.78 is 5.91. The third-order valence-corrected chi connectivity index (χ3v) is 5.04. The van der Waals surface area contributed by atoms with Gasteiger partial charge in [0, 0.05) is 48.8 Å². The zero-order valence-corrected chi connectivity index (χ0v) is 14.7. The molecule has 0 saturated carbocycles. The van der Waals surface area contributed by atoms with Gasteiger partial charge in [0.25, 0.3) is 0 Å². The molecular formula is C19H25N5O. The number of anilines is 1. The Balaban J connectivity index is 1.53. The van der Waals surface area contributed by atoms with Crippen LogP contribution in [0.3, 0.4) is 0 Å². The second kappa shape index (κ2) is 7.45. The summed E-state index contributed by atoms with van der Waals surface area (Å²) >= 11 is 0. The Bertz CT molecular complexity index is 721. The molecule has 1 aliphatic heterocycles. The van der Waals surface area contributed by atoms with Gasteiger partial charge in [-0.2, -0.15) is 0 Å². The molecule has 6 heteroatoms. The van der Waals surface area contributed by atoms with Gasteiger partial charge in [0.15, 0.2) is 5.82 Å². The molecule has 2 aromatic heterocycles. The molecular weight excluding hydrogens is 314 g/mol. The Morgan fingerprint density at radius 1 is 1.24 bits per heavy atom. The lowest BCUT2D eigenvalue weighted by molar-refractivity contribution is -0.0192. The predicted octanol–water partition coefficient (Wildman–Crippen LogP) is 2.16. The van der Waals surface area contributed by atoms with E-state index in [0.717, 1.165) is 69.3 Å². The lowest BCUT2D eigenvalue weighted by atomic mass is 10.2. The molecule has 2 aliphatic rings. The second-order valence-corrected chi connectivity index (χ2v) is 6.68. The van der Waals surface area contributed by atoms with E-state index in [2.05, 4.69) is 22.1 Å². The Kier molecular flexibility index (Phi) is 4.90. The van der Waals surface area contributed by atoms with E-state index in [1.165, 1.54) is 11.3 Å². The topological polar surface area (TPSA) is 63.2 Å². The fourth-order valence-electron chi connectivity index (χ4n) is 3.61. The van der Waals surface area contributed by atoms with Gasteiger partial charge in [-0.05, 0) is 37.9 Å². The first-order valence-electron chi connectivity index (χ1n) is 9.21. The summed E-state index contributed by atoms with van der Waals surface area (Å²) in [6.07, 6.45) is 7.03. The first kappa shape index (κ1) is 16.4. The first-order valence-corrected chi connectivity index (χ1v) is 9.21. The van der Waals surface area contributed by atoms with E-state index in [4.69, 9.17) is 14.7 Å². The van der Waals surface area contributed by atoms with Crippen molar-refractivity contribution in [2.24, 2.45) is 0 Å². The van der Waals surface area contributed by atoms with Gasteiger partial charge in [0.2, 0.25) is 0 Å². The molecule has 4 rings (SSSR count). The van der Waals surface area contributed by atoms with E-state index in [1.807, 2.05) is 12.1 Å². The van der Waals surface area contributed by atoms with E-state index >= 15 is 0 Å². The van der Waals surface area contributed by atoms with E-state index < -0.39 is 0 Å². The lowest BCUT2D eigenvalue weighted by Gasteiger charge is -2.32. The van der Waals surface area contributed by atoms with Gasteiger partial charge < -0.3 is 10.1 Å². The van der Waals surface area contributed by atoms with Crippen molar-refractivity contribution < 1.29 is 4.74 Å². The van der Waals surface area contributed by atoms with Crippen LogP contribution >= 0.6 is 0 Å². The first-order chi connectivity index (χ1) is 12.3. The van der Waals surface area contributed by atoms with E-state index in [0.29, 0.717) is 0 Å². The van der Waals surface area contributed by atoms with E-state index in [-0.39, 0.29) is 6.10 Å². The molecule has 0 aromatic carbocycles. The Morgan fingerprint density at radius 2 is 2.12 bits per heavy atom. The van der Waals surface area contributed by atoms with Crippen LogP contribution in [0, 0.1) is 0 Å². The number of aryl methyl sites for hydroxylation is 1. The highest BCUT2D eigenvalue weighted by Crippen LogP contribution is 2.29. The van der Waals surface area contributed by atoms with Crippen molar-refractivity contribution in [3.05, 3.63) is 35.8 Å². The molecule has 1 atom stereocenters. The number of pyridine rings is 1. The van der Waals surface area contributed by atoms with Crippen molar-refractivity contribution in [3.8, 4) is 11.4 Å². The van der Waals surface area contributed by atoms with Gasteiger partial charge in [-0.15, -0.1) is 0 Å². The number of hydrogen-bond donors (Lipinski definition) is 1. The third-order valence-electron chi connectivity index (χ3n) is 5.04. The number of likely N-dealkylation sites (N-methyl/N-ethyl adjacent to an activating group) is 1. The van der Waals surface area contributed by atoms with Crippen LogP contribution in [-0.4, -0.2) is 58.7 Å². The fraction of sp³-hybridized carbons (Fsp3) is 0.526. The molecule has 1 saturated heterocycles. The average Bonchev–Trinajstić information content (AvgIpc) is 3.15. The molecule has 0 spiro atoms. The summed E-state index contributed by atoms with van der Waals surface area (Å²) in [6.45, 7) is 6.89. The molecule has 25 heavy (non-hydrogen) atoms. The molecule has 0 radical (unpaired) electrons. The molecule has 6 nitrogen and oxygen atoms in total. The molecule has 1 N–H and O–H groups in total. The summed E-state index contributed by atoms with van der Waals surface area (Å²) in [7, 11) is 0. The zero-order valence-electron chi connectivity index (χ0n) is 14.7. The Labute approximate surface area is 148 Å². The monoisotopic (exact) mass is 339 g/mol. The maximum Gasteiger partial charge on any atom is 0.161 e. The van der Waals surface area contributed by atoms with Crippen molar-refractivity contribution in [2.45, 2.75) is 32.3 Å². The molecule has 3 heterocycles. The minimum absolute atomic E-state index is 0.213. The number of aromatic nitrogens is 3. The predicted molar refractivity (Wildman–Crippen MR) is 97.6 cm³/mol. The van der Waals surface area contributed by atoms with Crippen molar-refractivity contribution >= 4 is 5.82 Å². The summed E-state index contributed by atoms with van der Waals surface area (Å²) in [4.78, 5) is 16.1.